The molecule has 0 radical (unpaired) electrons. The molecule has 2 unspecified atom stereocenters. The molecule has 4 fully saturated rings. The number of rotatable bonds is 24. The predicted molar refractivity (Wildman–Crippen MR) is 216 cm³/mol. The van der Waals surface area contributed by atoms with E-state index in [0.29, 0.717) is 0 Å². The Bertz CT molecular complexity index is 694. The summed E-state index contributed by atoms with van der Waals surface area (Å²) in [7, 11) is 0. The van der Waals surface area contributed by atoms with Crippen molar-refractivity contribution >= 4 is 0 Å². The Morgan fingerprint density at radius 2 is 0.612 bits per heavy atom. The van der Waals surface area contributed by atoms with Gasteiger partial charge in [-0.2, -0.15) is 0 Å². The van der Waals surface area contributed by atoms with Gasteiger partial charge in [-0.25, -0.2) is 0 Å². The molecular formula is C48H90O. The first-order chi connectivity index (χ1) is 24.1. The maximum atomic E-state index is 6.78. The fourth-order valence-corrected chi connectivity index (χ4v) is 12.2. The van der Waals surface area contributed by atoms with Crippen molar-refractivity contribution < 1.29 is 4.74 Å². The largest absolute Gasteiger partial charge is 0.381 e. The third-order valence-corrected chi connectivity index (χ3v) is 15.5. The highest BCUT2D eigenvalue weighted by atomic mass is 16.5. The monoisotopic (exact) mass is 683 g/mol. The average Bonchev–Trinajstić information content (AvgIpc) is 3.14. The number of ether oxygens (including phenoxy) is 1. The molecule has 288 valence electrons. The Morgan fingerprint density at radius 3 is 0.878 bits per heavy atom. The smallest absolute Gasteiger partial charge is 0.0468 e. The topological polar surface area (TPSA) is 9.23 Å². The Kier molecular flexibility index (Phi) is 21.3. The minimum Gasteiger partial charge on any atom is -0.381 e. The minimum atomic E-state index is 0.945. The molecular weight excluding hydrogens is 593 g/mol. The predicted octanol–water partition coefficient (Wildman–Crippen LogP) is 15.8. The summed E-state index contributed by atoms with van der Waals surface area (Å²) in [5.41, 5.74) is 0. The lowest BCUT2D eigenvalue weighted by molar-refractivity contribution is 0.0367. The molecule has 4 saturated carbocycles. The Balaban J connectivity index is 1.27. The molecule has 0 spiro atoms. The molecule has 1 nitrogen and oxygen atoms in total. The normalized spacial score (nSPS) is 32.6. The van der Waals surface area contributed by atoms with Crippen LogP contribution in [0.15, 0.2) is 0 Å². The van der Waals surface area contributed by atoms with Crippen LogP contribution in [0.2, 0.25) is 0 Å². The van der Waals surface area contributed by atoms with Gasteiger partial charge in [0.1, 0.15) is 0 Å². The second kappa shape index (κ2) is 25.1. The minimum absolute atomic E-state index is 0.945. The van der Waals surface area contributed by atoms with E-state index < -0.39 is 0 Å². The summed E-state index contributed by atoms with van der Waals surface area (Å²) in [6.07, 6.45) is 47.5. The van der Waals surface area contributed by atoms with E-state index in [2.05, 4.69) is 27.7 Å². The van der Waals surface area contributed by atoms with Gasteiger partial charge in [0.2, 0.25) is 0 Å². The lowest BCUT2D eigenvalue weighted by Crippen LogP contribution is -2.32. The summed E-state index contributed by atoms with van der Waals surface area (Å²) in [6.45, 7) is 11.6. The summed E-state index contributed by atoms with van der Waals surface area (Å²) >= 11 is 0. The van der Waals surface area contributed by atoms with Gasteiger partial charge in [-0.15, -0.1) is 0 Å². The summed E-state index contributed by atoms with van der Waals surface area (Å²) in [4.78, 5) is 0. The Labute approximate surface area is 309 Å². The van der Waals surface area contributed by atoms with Gasteiger partial charge in [-0.3, -0.25) is 0 Å². The molecule has 0 bridgehead atoms. The second-order valence-electron chi connectivity index (χ2n) is 18.9. The van der Waals surface area contributed by atoms with Crippen LogP contribution in [0.5, 0.6) is 0 Å². The van der Waals surface area contributed by atoms with Crippen LogP contribution in [0.25, 0.3) is 0 Å². The van der Waals surface area contributed by atoms with Crippen molar-refractivity contribution in [1.29, 1.82) is 0 Å². The standard InChI is InChI=1S/C48H90O/c1-5-9-13-17-41-23-31-45(32-24-41)47(43-27-19-39(20-28-43)15-11-7-3)35-37-49-38-36-48(44-29-21-40(22-30-44)16-12-8-4)46-33-25-42(26-34-46)18-14-10-6-2/h39-48H,5-38H2,1-4H3. The zero-order chi connectivity index (χ0) is 34.5. The van der Waals surface area contributed by atoms with Crippen LogP contribution in [0, 0.1) is 59.2 Å². The molecule has 0 aromatic rings. The van der Waals surface area contributed by atoms with E-state index in [1.165, 1.54) is 205 Å². The van der Waals surface area contributed by atoms with Crippen molar-refractivity contribution in [3.8, 4) is 0 Å². The highest BCUT2D eigenvalue weighted by molar-refractivity contribution is 4.87. The van der Waals surface area contributed by atoms with E-state index in [0.717, 1.165) is 72.4 Å². The van der Waals surface area contributed by atoms with Gasteiger partial charge in [0, 0.05) is 13.2 Å². The summed E-state index contributed by atoms with van der Waals surface area (Å²) < 4.78 is 6.78. The number of hydrogen-bond acceptors (Lipinski definition) is 1. The van der Waals surface area contributed by atoms with Crippen LogP contribution in [-0.2, 0) is 4.74 Å². The van der Waals surface area contributed by atoms with Gasteiger partial charge in [0.05, 0.1) is 0 Å². The van der Waals surface area contributed by atoms with E-state index in [4.69, 9.17) is 4.74 Å². The molecule has 0 N–H and O–H groups in total. The molecule has 0 aromatic heterocycles. The van der Waals surface area contributed by atoms with Crippen molar-refractivity contribution in [3.05, 3.63) is 0 Å². The highest BCUT2D eigenvalue weighted by Gasteiger charge is 2.36. The molecule has 0 heterocycles. The Morgan fingerprint density at radius 1 is 0.347 bits per heavy atom. The van der Waals surface area contributed by atoms with Crippen molar-refractivity contribution in [1.82, 2.24) is 0 Å². The summed E-state index contributed by atoms with van der Waals surface area (Å²) in [6, 6.07) is 0. The van der Waals surface area contributed by atoms with Crippen molar-refractivity contribution in [2.75, 3.05) is 13.2 Å². The van der Waals surface area contributed by atoms with Gasteiger partial charge < -0.3 is 4.74 Å². The van der Waals surface area contributed by atoms with E-state index in [9.17, 15) is 0 Å². The third kappa shape index (κ3) is 15.1. The fourth-order valence-electron chi connectivity index (χ4n) is 12.2. The first-order valence-corrected chi connectivity index (χ1v) is 23.7. The van der Waals surface area contributed by atoms with Crippen LogP contribution in [-0.4, -0.2) is 13.2 Å². The maximum Gasteiger partial charge on any atom is 0.0468 e. The van der Waals surface area contributed by atoms with Crippen LogP contribution in [0.1, 0.15) is 233 Å². The zero-order valence-electron chi connectivity index (χ0n) is 34.2. The molecule has 0 aromatic carbocycles. The first kappa shape index (κ1) is 41.7. The fraction of sp³-hybridized carbons (Fsp3) is 1.00. The van der Waals surface area contributed by atoms with Gasteiger partial charge >= 0.3 is 0 Å². The molecule has 0 amide bonds. The van der Waals surface area contributed by atoms with E-state index in [1.807, 2.05) is 0 Å². The molecule has 2 atom stereocenters. The van der Waals surface area contributed by atoms with E-state index in [-0.39, 0.29) is 0 Å². The van der Waals surface area contributed by atoms with Crippen LogP contribution in [0.4, 0.5) is 0 Å². The lowest BCUT2D eigenvalue weighted by atomic mass is 9.65. The molecule has 4 aliphatic rings. The van der Waals surface area contributed by atoms with E-state index in [1.54, 1.807) is 0 Å². The molecule has 4 rings (SSSR count). The Hall–Kier alpha value is -0.0400. The third-order valence-electron chi connectivity index (χ3n) is 15.5. The SMILES string of the molecule is CCCCCC1CCC(C(CCOCCC(C2CCC(CCCC)CC2)C2CCC(CCCCC)CC2)C2CCC(CCCC)CC2)CC1. The van der Waals surface area contributed by atoms with Crippen molar-refractivity contribution in [2.45, 2.75) is 233 Å². The summed E-state index contributed by atoms with van der Waals surface area (Å²) in [5, 5.41) is 0. The lowest BCUT2D eigenvalue weighted by Gasteiger charge is -2.41. The van der Waals surface area contributed by atoms with E-state index >= 15 is 0 Å². The van der Waals surface area contributed by atoms with Crippen LogP contribution >= 0.6 is 0 Å². The van der Waals surface area contributed by atoms with Crippen LogP contribution in [0.3, 0.4) is 0 Å². The first-order valence-electron chi connectivity index (χ1n) is 23.7. The number of hydrogen-bond donors (Lipinski definition) is 0. The molecule has 4 aliphatic carbocycles. The van der Waals surface area contributed by atoms with Gasteiger partial charge in [-0.05, 0) is 123 Å². The maximum absolute atomic E-state index is 6.78. The van der Waals surface area contributed by atoms with Crippen LogP contribution < -0.4 is 0 Å². The second-order valence-corrected chi connectivity index (χ2v) is 18.9. The molecule has 49 heavy (non-hydrogen) atoms. The molecule has 0 aliphatic heterocycles. The highest BCUT2D eigenvalue weighted by Crippen LogP contribution is 2.47. The summed E-state index contributed by atoms with van der Waals surface area (Å²) in [5.74, 6) is 10.0. The quantitative estimate of drug-likeness (QED) is 0.0921. The van der Waals surface area contributed by atoms with Crippen molar-refractivity contribution in [2.24, 2.45) is 59.2 Å². The van der Waals surface area contributed by atoms with Gasteiger partial charge in [0.25, 0.3) is 0 Å². The molecule has 1 heteroatoms. The van der Waals surface area contributed by atoms with Gasteiger partial charge in [-0.1, -0.05) is 169 Å². The average molecular weight is 683 g/mol. The van der Waals surface area contributed by atoms with Gasteiger partial charge in [0.15, 0.2) is 0 Å². The van der Waals surface area contributed by atoms with Crippen molar-refractivity contribution in [3.63, 3.8) is 0 Å². The zero-order valence-corrected chi connectivity index (χ0v) is 34.2. The number of unbranched alkanes of at least 4 members (excludes halogenated alkanes) is 6. The molecule has 0 saturated heterocycles.